The Labute approximate surface area is 153 Å². The van der Waals surface area contributed by atoms with Gasteiger partial charge in [-0.15, -0.1) is 0 Å². The molecule has 1 aromatic heterocycles. The van der Waals surface area contributed by atoms with Crippen molar-refractivity contribution in [3.8, 4) is 0 Å². The molecule has 3 rings (SSSR count). The molecule has 3 aromatic rings. The Hall–Kier alpha value is -3.78. The third kappa shape index (κ3) is 3.75. The fourth-order valence-corrected chi connectivity index (χ4v) is 2.53. The highest BCUT2D eigenvalue weighted by Crippen LogP contribution is 2.29. The zero-order valence-corrected chi connectivity index (χ0v) is 14.0. The molecule has 1 amide bonds. The molecule has 0 bridgehead atoms. The van der Waals surface area contributed by atoms with Gasteiger partial charge >= 0.3 is 5.88 Å². The first-order valence-corrected chi connectivity index (χ1v) is 7.93. The van der Waals surface area contributed by atoms with Gasteiger partial charge in [0.15, 0.2) is 11.4 Å². The summed E-state index contributed by atoms with van der Waals surface area (Å²) >= 11 is 0. The lowest BCUT2D eigenvalue weighted by Gasteiger charge is -2.26. The van der Waals surface area contributed by atoms with Gasteiger partial charge in [0.25, 0.3) is 5.91 Å². The highest BCUT2D eigenvalue weighted by molar-refractivity contribution is 5.90. The summed E-state index contributed by atoms with van der Waals surface area (Å²) in [5, 5.41) is 25.5. The van der Waals surface area contributed by atoms with E-state index in [0.717, 1.165) is 6.21 Å². The summed E-state index contributed by atoms with van der Waals surface area (Å²) in [6.07, 6.45) is 1.11. The van der Waals surface area contributed by atoms with E-state index >= 15 is 0 Å². The fourth-order valence-electron chi connectivity index (χ4n) is 2.53. The second-order valence-corrected chi connectivity index (χ2v) is 5.57. The van der Waals surface area contributed by atoms with Gasteiger partial charge in [-0.05, 0) is 17.2 Å². The van der Waals surface area contributed by atoms with E-state index < -0.39 is 22.3 Å². The van der Waals surface area contributed by atoms with Crippen molar-refractivity contribution in [3.63, 3.8) is 0 Å². The van der Waals surface area contributed by atoms with Crippen LogP contribution in [0, 0.1) is 10.1 Å². The molecule has 0 saturated heterocycles. The molecule has 2 N–H and O–H groups in total. The zero-order valence-electron chi connectivity index (χ0n) is 14.0. The highest BCUT2D eigenvalue weighted by Gasteiger charge is 2.39. The Morgan fingerprint density at radius 1 is 1.04 bits per heavy atom. The largest absolute Gasteiger partial charge is 0.433 e. The topological polar surface area (TPSA) is 118 Å². The number of hydrogen-bond donors (Lipinski definition) is 2. The Kier molecular flexibility index (Phi) is 5.09. The maximum atomic E-state index is 12.8. The summed E-state index contributed by atoms with van der Waals surface area (Å²) in [5.41, 5.74) is 1.04. The third-order valence-corrected chi connectivity index (χ3v) is 3.86. The number of amides is 1. The standard InChI is InChI=1S/C19H15N3O5/c23-18(21-20-13-16-11-12-17(27-16)22(25)26)19(24,14-7-3-1-4-8-14)15-9-5-2-6-10-15/h1-13,24H,(H,21,23)/b20-13-. The summed E-state index contributed by atoms with van der Waals surface area (Å²) in [7, 11) is 0. The van der Waals surface area contributed by atoms with Crippen LogP contribution in [0.1, 0.15) is 16.9 Å². The Bertz CT molecular complexity index is 928. The first-order valence-electron chi connectivity index (χ1n) is 7.93. The molecule has 0 aliphatic heterocycles. The van der Waals surface area contributed by atoms with Crippen molar-refractivity contribution in [2.75, 3.05) is 0 Å². The SMILES string of the molecule is O=C(N/N=C\c1ccc([N+](=O)[O-])o1)C(O)(c1ccccc1)c1ccccc1. The number of hydrogen-bond acceptors (Lipinski definition) is 6. The van der Waals surface area contributed by atoms with E-state index in [2.05, 4.69) is 10.5 Å². The van der Waals surface area contributed by atoms with Gasteiger partial charge in [0, 0.05) is 0 Å². The number of aliphatic hydroxyl groups is 1. The van der Waals surface area contributed by atoms with Gasteiger partial charge in [-0.25, -0.2) is 5.43 Å². The van der Waals surface area contributed by atoms with Gasteiger partial charge in [0.05, 0.1) is 12.3 Å². The number of benzene rings is 2. The molecule has 0 saturated carbocycles. The minimum Gasteiger partial charge on any atom is -0.400 e. The normalized spacial score (nSPS) is 11.4. The summed E-state index contributed by atoms with van der Waals surface area (Å²) in [6, 6.07) is 19.4. The van der Waals surface area contributed by atoms with Crippen molar-refractivity contribution >= 4 is 18.0 Å². The van der Waals surface area contributed by atoms with E-state index in [0.29, 0.717) is 11.1 Å². The number of nitrogens with one attached hydrogen (secondary N) is 1. The molecular formula is C19H15N3O5. The molecule has 0 aliphatic carbocycles. The van der Waals surface area contributed by atoms with Crippen LogP contribution in [0.4, 0.5) is 5.88 Å². The van der Waals surface area contributed by atoms with Crippen LogP contribution in [0.15, 0.2) is 82.3 Å². The van der Waals surface area contributed by atoms with E-state index in [4.69, 9.17) is 4.42 Å². The number of carbonyl (C=O) groups is 1. The van der Waals surface area contributed by atoms with E-state index in [1.807, 2.05) is 0 Å². The average Bonchev–Trinajstić information content (AvgIpc) is 3.18. The van der Waals surface area contributed by atoms with E-state index in [9.17, 15) is 20.0 Å². The number of hydrazone groups is 1. The van der Waals surface area contributed by atoms with E-state index in [1.165, 1.54) is 12.1 Å². The van der Waals surface area contributed by atoms with Crippen molar-refractivity contribution < 1.29 is 19.2 Å². The smallest absolute Gasteiger partial charge is 0.400 e. The van der Waals surface area contributed by atoms with Crippen LogP contribution < -0.4 is 5.43 Å². The minimum absolute atomic E-state index is 0.0879. The average molecular weight is 365 g/mol. The zero-order chi connectivity index (χ0) is 19.3. The van der Waals surface area contributed by atoms with Crippen LogP contribution in [0.5, 0.6) is 0 Å². The predicted molar refractivity (Wildman–Crippen MR) is 97.0 cm³/mol. The molecule has 136 valence electrons. The quantitative estimate of drug-likeness (QED) is 0.395. The van der Waals surface area contributed by atoms with Crippen molar-refractivity contribution in [2.45, 2.75) is 5.60 Å². The number of nitro groups is 1. The van der Waals surface area contributed by atoms with Crippen molar-refractivity contribution in [1.82, 2.24) is 5.43 Å². The molecule has 0 fully saturated rings. The van der Waals surface area contributed by atoms with Gasteiger partial charge in [-0.1, -0.05) is 60.7 Å². The number of carbonyl (C=O) groups excluding carboxylic acids is 1. The van der Waals surface area contributed by atoms with Crippen molar-refractivity contribution in [1.29, 1.82) is 0 Å². The maximum absolute atomic E-state index is 12.8. The van der Waals surface area contributed by atoms with Crippen molar-refractivity contribution in [3.05, 3.63) is 99.8 Å². The molecular weight excluding hydrogens is 350 g/mol. The second kappa shape index (κ2) is 7.63. The molecule has 0 unspecified atom stereocenters. The summed E-state index contributed by atoms with van der Waals surface area (Å²) in [6.45, 7) is 0. The molecule has 0 atom stereocenters. The van der Waals surface area contributed by atoms with Crippen LogP contribution in [-0.2, 0) is 10.4 Å². The van der Waals surface area contributed by atoms with Crippen LogP contribution in [-0.4, -0.2) is 22.2 Å². The molecule has 1 heterocycles. The molecule has 8 nitrogen and oxygen atoms in total. The molecule has 27 heavy (non-hydrogen) atoms. The van der Waals surface area contributed by atoms with Crippen LogP contribution in [0.25, 0.3) is 0 Å². The Morgan fingerprint density at radius 2 is 1.59 bits per heavy atom. The van der Waals surface area contributed by atoms with E-state index in [1.54, 1.807) is 60.7 Å². The number of nitrogens with zero attached hydrogens (tertiary/aromatic N) is 2. The van der Waals surface area contributed by atoms with Crippen LogP contribution >= 0.6 is 0 Å². The second-order valence-electron chi connectivity index (χ2n) is 5.57. The van der Waals surface area contributed by atoms with Crippen molar-refractivity contribution in [2.24, 2.45) is 5.10 Å². The molecule has 0 spiro atoms. The summed E-state index contributed by atoms with van der Waals surface area (Å²) in [5.74, 6) is -1.13. The minimum atomic E-state index is -1.96. The first kappa shape index (κ1) is 18.0. The molecule has 2 aromatic carbocycles. The summed E-state index contributed by atoms with van der Waals surface area (Å²) in [4.78, 5) is 22.7. The molecule has 0 radical (unpaired) electrons. The molecule has 0 aliphatic rings. The fraction of sp³-hybridized carbons (Fsp3) is 0.0526. The van der Waals surface area contributed by atoms with Gasteiger partial charge < -0.3 is 9.52 Å². The van der Waals surface area contributed by atoms with Gasteiger partial charge in [-0.2, -0.15) is 5.10 Å². The Morgan fingerprint density at radius 3 is 2.07 bits per heavy atom. The Balaban J connectivity index is 1.85. The van der Waals surface area contributed by atoms with Gasteiger partial charge in [0.2, 0.25) is 0 Å². The lowest BCUT2D eigenvalue weighted by molar-refractivity contribution is -0.402. The molecule has 8 heteroatoms. The maximum Gasteiger partial charge on any atom is 0.433 e. The van der Waals surface area contributed by atoms with Crippen LogP contribution in [0.3, 0.4) is 0 Å². The van der Waals surface area contributed by atoms with E-state index in [-0.39, 0.29) is 5.76 Å². The monoisotopic (exact) mass is 365 g/mol. The summed E-state index contributed by atoms with van der Waals surface area (Å²) < 4.78 is 4.92. The van der Waals surface area contributed by atoms with Gasteiger partial charge in [0.1, 0.15) is 4.92 Å². The highest BCUT2D eigenvalue weighted by atomic mass is 16.6. The lowest BCUT2D eigenvalue weighted by atomic mass is 9.85. The predicted octanol–water partition coefficient (Wildman–Crippen LogP) is 2.57. The van der Waals surface area contributed by atoms with Crippen LogP contribution in [0.2, 0.25) is 0 Å². The third-order valence-electron chi connectivity index (χ3n) is 3.86. The number of furan rings is 1. The van der Waals surface area contributed by atoms with Gasteiger partial charge in [-0.3, -0.25) is 14.9 Å². The number of rotatable bonds is 6. The first-order chi connectivity index (χ1) is 13.0. The lowest BCUT2D eigenvalue weighted by Crippen LogP contribution is -2.43.